The summed E-state index contributed by atoms with van der Waals surface area (Å²) < 4.78 is 8.64. The van der Waals surface area contributed by atoms with Crippen molar-refractivity contribution in [1.82, 2.24) is 24.5 Å². The number of amides is 1. The summed E-state index contributed by atoms with van der Waals surface area (Å²) in [5.74, 6) is 0.502. The fourth-order valence-electron chi connectivity index (χ4n) is 3.50. The molecule has 3 aromatic heterocycles. The van der Waals surface area contributed by atoms with E-state index in [1.54, 1.807) is 36.3 Å². The van der Waals surface area contributed by atoms with Gasteiger partial charge >= 0.3 is 0 Å². The number of pyridine rings is 1. The first-order valence-corrected chi connectivity index (χ1v) is 8.54. The molecule has 0 aliphatic heterocycles. The minimum atomic E-state index is -0.304. The van der Waals surface area contributed by atoms with Gasteiger partial charge in [0, 0.05) is 31.7 Å². The lowest BCUT2D eigenvalue weighted by molar-refractivity contribution is 0.0234. The van der Waals surface area contributed by atoms with Gasteiger partial charge in [-0.1, -0.05) is 6.07 Å². The van der Waals surface area contributed by atoms with Crippen molar-refractivity contribution < 1.29 is 14.6 Å². The summed E-state index contributed by atoms with van der Waals surface area (Å²) in [6.45, 7) is 0. The van der Waals surface area contributed by atoms with E-state index in [0.717, 1.165) is 11.2 Å². The summed E-state index contributed by atoms with van der Waals surface area (Å²) in [4.78, 5) is 17.2. The number of hydrogen-bond donors (Lipinski definition) is 2. The Morgan fingerprint density at radius 2 is 2.15 bits per heavy atom. The summed E-state index contributed by atoms with van der Waals surface area (Å²) in [5.41, 5.74) is 2.15. The van der Waals surface area contributed by atoms with Gasteiger partial charge < -0.3 is 19.7 Å². The highest BCUT2D eigenvalue weighted by Crippen LogP contribution is 2.38. The third-order valence-electron chi connectivity index (χ3n) is 5.01. The van der Waals surface area contributed by atoms with Gasteiger partial charge in [0.25, 0.3) is 5.91 Å². The largest absolute Gasteiger partial charge is 0.481 e. The summed E-state index contributed by atoms with van der Waals surface area (Å²) >= 11 is 0. The molecule has 0 spiro atoms. The van der Waals surface area contributed by atoms with Crippen LogP contribution < -0.4 is 10.1 Å². The number of nitrogens with one attached hydrogen (secondary N) is 1. The number of aliphatic hydroxyl groups excluding tert-OH is 1. The lowest BCUT2D eigenvalue weighted by Gasteiger charge is -2.38. The van der Waals surface area contributed by atoms with Crippen LogP contribution in [0, 0.1) is 5.92 Å². The highest BCUT2D eigenvalue weighted by molar-refractivity contribution is 6.00. The molecule has 1 amide bonds. The average Bonchev–Trinajstić information content (AvgIpc) is 3.20. The Morgan fingerprint density at radius 1 is 1.35 bits per heavy atom. The zero-order valence-electron chi connectivity index (χ0n) is 14.7. The molecule has 4 rings (SSSR count). The topological polar surface area (TPSA) is 93.7 Å². The second-order valence-electron chi connectivity index (χ2n) is 6.71. The molecule has 2 N–H and O–H groups in total. The number of carbonyl (C=O) groups excluding carboxylic acids is 1. The molecule has 1 atom stereocenters. The molecule has 3 heterocycles. The number of hydrogen-bond acceptors (Lipinski definition) is 5. The molecule has 0 saturated heterocycles. The van der Waals surface area contributed by atoms with Crippen molar-refractivity contribution in [2.45, 2.75) is 25.0 Å². The van der Waals surface area contributed by atoms with Crippen molar-refractivity contribution in [2.75, 3.05) is 7.11 Å². The molecule has 1 fully saturated rings. The van der Waals surface area contributed by atoms with E-state index < -0.39 is 0 Å². The smallest absolute Gasteiger partial charge is 0.257 e. The first kappa shape index (κ1) is 16.6. The Labute approximate surface area is 150 Å². The summed E-state index contributed by atoms with van der Waals surface area (Å²) in [6, 6.07) is 3.45. The molecule has 26 heavy (non-hydrogen) atoms. The van der Waals surface area contributed by atoms with Gasteiger partial charge in [-0.05, 0) is 24.3 Å². The van der Waals surface area contributed by atoms with E-state index >= 15 is 0 Å². The molecule has 136 valence electrons. The second-order valence-corrected chi connectivity index (χ2v) is 6.71. The van der Waals surface area contributed by atoms with Gasteiger partial charge in [-0.2, -0.15) is 5.10 Å². The van der Waals surface area contributed by atoms with Gasteiger partial charge in [0.1, 0.15) is 11.2 Å². The molecule has 1 aliphatic rings. The number of aryl methyl sites for hydroxylation is 1. The van der Waals surface area contributed by atoms with E-state index in [-0.39, 0.29) is 24.0 Å². The van der Waals surface area contributed by atoms with Crippen LogP contribution in [-0.4, -0.2) is 43.4 Å². The fourth-order valence-corrected chi connectivity index (χ4v) is 3.50. The van der Waals surface area contributed by atoms with Crippen molar-refractivity contribution >= 4 is 11.6 Å². The monoisotopic (exact) mass is 355 g/mol. The third-order valence-corrected chi connectivity index (χ3v) is 5.01. The first-order valence-electron chi connectivity index (χ1n) is 8.54. The van der Waals surface area contributed by atoms with Crippen LogP contribution in [0.25, 0.3) is 5.65 Å². The van der Waals surface area contributed by atoms with Crippen LogP contribution in [0.4, 0.5) is 0 Å². The Morgan fingerprint density at radius 3 is 2.81 bits per heavy atom. The number of ether oxygens (including phenoxy) is 1. The van der Waals surface area contributed by atoms with Gasteiger partial charge in [0.05, 0.1) is 25.5 Å². The molecule has 3 aromatic rings. The van der Waals surface area contributed by atoms with Crippen LogP contribution in [0.5, 0.6) is 5.88 Å². The molecule has 0 radical (unpaired) electrons. The lowest BCUT2D eigenvalue weighted by Crippen LogP contribution is -2.41. The maximum absolute atomic E-state index is 12.9. The van der Waals surface area contributed by atoms with Crippen molar-refractivity contribution in [3.63, 3.8) is 0 Å². The number of nitrogens with zero attached hydrogens (tertiary/aromatic N) is 4. The van der Waals surface area contributed by atoms with Crippen LogP contribution in [0.3, 0.4) is 0 Å². The Hall–Kier alpha value is -2.87. The molecular weight excluding hydrogens is 334 g/mol. The molecule has 0 bridgehead atoms. The number of carbonyl (C=O) groups is 1. The molecule has 8 nitrogen and oxygen atoms in total. The minimum Gasteiger partial charge on any atom is -0.481 e. The predicted molar refractivity (Wildman–Crippen MR) is 93.9 cm³/mol. The van der Waals surface area contributed by atoms with Crippen molar-refractivity contribution in [2.24, 2.45) is 13.0 Å². The number of fused-ring (bicyclic) bond motifs is 1. The molecular formula is C18H21N5O3. The highest BCUT2D eigenvalue weighted by Gasteiger charge is 2.36. The van der Waals surface area contributed by atoms with Crippen molar-refractivity contribution in [1.29, 1.82) is 0 Å². The summed E-state index contributed by atoms with van der Waals surface area (Å²) in [7, 11) is 3.44. The SMILES string of the molecule is COc1ccc([C@@H](NC(=O)c2cnn3ccn(C)c23)C2CC(O)C2)cn1. The number of aromatic nitrogens is 4. The van der Waals surface area contributed by atoms with Crippen molar-refractivity contribution in [3.8, 4) is 5.88 Å². The van der Waals surface area contributed by atoms with Crippen LogP contribution in [0.15, 0.2) is 36.9 Å². The Balaban J connectivity index is 1.61. The van der Waals surface area contributed by atoms with Crippen LogP contribution in [0.1, 0.15) is 34.8 Å². The minimum absolute atomic E-state index is 0.170. The fraction of sp³-hybridized carbons (Fsp3) is 0.389. The molecule has 0 aromatic carbocycles. The number of methoxy groups -OCH3 is 1. The van der Waals surface area contributed by atoms with Crippen molar-refractivity contribution in [3.05, 3.63) is 48.0 Å². The molecule has 1 aliphatic carbocycles. The van der Waals surface area contributed by atoms with Gasteiger partial charge in [0.15, 0.2) is 0 Å². The standard InChI is InChI=1S/C18H21N5O3/c1-22-5-6-23-18(22)14(10-20-23)17(25)21-16(12-7-13(24)8-12)11-3-4-15(26-2)19-9-11/h3-6,9-10,12-13,16,24H,7-8H2,1-2H3,(H,21,25)/t12?,13?,16-/m1/s1. The molecule has 8 heteroatoms. The molecule has 0 unspecified atom stereocenters. The Bertz CT molecular complexity index is 924. The van der Waals surface area contributed by atoms with Gasteiger partial charge in [-0.3, -0.25) is 4.79 Å². The van der Waals surface area contributed by atoms with E-state index in [9.17, 15) is 9.90 Å². The molecule has 1 saturated carbocycles. The van der Waals surface area contributed by atoms with E-state index in [1.807, 2.05) is 23.9 Å². The zero-order chi connectivity index (χ0) is 18.3. The second kappa shape index (κ2) is 6.45. The number of imidazole rings is 1. The highest BCUT2D eigenvalue weighted by atomic mass is 16.5. The summed E-state index contributed by atoms with van der Waals surface area (Å²) in [6.07, 6.45) is 7.95. The number of aliphatic hydroxyl groups is 1. The van der Waals surface area contributed by atoms with Gasteiger partial charge in [-0.25, -0.2) is 9.50 Å². The maximum atomic E-state index is 12.9. The number of rotatable bonds is 5. The van der Waals surface area contributed by atoms with E-state index in [0.29, 0.717) is 24.3 Å². The Kier molecular flexibility index (Phi) is 4.12. The van der Waals surface area contributed by atoms with Crippen LogP contribution in [-0.2, 0) is 7.05 Å². The predicted octanol–water partition coefficient (Wildman–Crippen LogP) is 1.32. The van der Waals surface area contributed by atoms with Crippen LogP contribution >= 0.6 is 0 Å². The lowest BCUT2D eigenvalue weighted by atomic mass is 9.75. The first-order chi connectivity index (χ1) is 12.6. The normalized spacial score (nSPS) is 20.6. The van der Waals surface area contributed by atoms with Gasteiger partial charge in [0.2, 0.25) is 5.88 Å². The quantitative estimate of drug-likeness (QED) is 0.720. The van der Waals surface area contributed by atoms with E-state index in [1.165, 1.54) is 0 Å². The van der Waals surface area contributed by atoms with Crippen LogP contribution in [0.2, 0.25) is 0 Å². The summed E-state index contributed by atoms with van der Waals surface area (Å²) in [5, 5.41) is 17.0. The van der Waals surface area contributed by atoms with Gasteiger partial charge in [-0.15, -0.1) is 0 Å². The third kappa shape index (κ3) is 2.82. The zero-order valence-corrected chi connectivity index (χ0v) is 14.7. The maximum Gasteiger partial charge on any atom is 0.257 e. The van der Waals surface area contributed by atoms with E-state index in [4.69, 9.17) is 4.74 Å². The van der Waals surface area contributed by atoms with E-state index in [2.05, 4.69) is 15.4 Å². The average molecular weight is 355 g/mol.